The zero-order valence-electron chi connectivity index (χ0n) is 12.4. The second-order valence-electron chi connectivity index (χ2n) is 5.67. The molecule has 1 aliphatic rings. The first-order valence-corrected chi connectivity index (χ1v) is 9.48. The fourth-order valence-corrected chi connectivity index (χ4v) is 3.38. The van der Waals surface area contributed by atoms with Gasteiger partial charge in [0.2, 0.25) is 0 Å². The molecule has 0 unspecified atom stereocenters. The van der Waals surface area contributed by atoms with Crippen LogP contribution in [0.3, 0.4) is 0 Å². The summed E-state index contributed by atoms with van der Waals surface area (Å²) in [5.74, 6) is 0.987. The Balaban J connectivity index is 1.72. The van der Waals surface area contributed by atoms with Crippen LogP contribution in [0.1, 0.15) is 34.3 Å². The third-order valence-corrected chi connectivity index (χ3v) is 5.18. The molecule has 1 N–H and O–H groups in total. The summed E-state index contributed by atoms with van der Waals surface area (Å²) in [5, 5.41) is 3.21. The van der Waals surface area contributed by atoms with Crippen molar-refractivity contribution in [1.29, 1.82) is 0 Å². The van der Waals surface area contributed by atoms with Gasteiger partial charge in [-0.1, -0.05) is 40.2 Å². The van der Waals surface area contributed by atoms with Crippen LogP contribution in [-0.2, 0) is 11.3 Å². The summed E-state index contributed by atoms with van der Waals surface area (Å²) in [6.07, 6.45) is 4.09. The molecular weight excluding hydrogens is 358 g/mol. The van der Waals surface area contributed by atoms with Gasteiger partial charge in [-0.3, -0.25) is 4.79 Å². The lowest BCUT2D eigenvalue weighted by Crippen LogP contribution is -2.34. The van der Waals surface area contributed by atoms with E-state index in [4.69, 9.17) is 0 Å². The Bertz CT molecular complexity index is 662. The van der Waals surface area contributed by atoms with Crippen LogP contribution in [0.2, 0.25) is 0 Å². The lowest BCUT2D eigenvalue weighted by molar-refractivity contribution is 0.0931. The van der Waals surface area contributed by atoms with Gasteiger partial charge in [0.1, 0.15) is 0 Å². The number of nitrogens with one attached hydrogen (secondary N) is 1. The van der Waals surface area contributed by atoms with E-state index in [0.717, 1.165) is 28.6 Å². The molecule has 0 heterocycles. The number of thioether (sulfide) groups is 1. The Hall–Kier alpha value is -1.26. The van der Waals surface area contributed by atoms with E-state index >= 15 is 0 Å². The van der Waals surface area contributed by atoms with Crippen LogP contribution in [0.25, 0.3) is 0 Å². The maximum Gasteiger partial charge on any atom is 0.251 e. The highest BCUT2D eigenvalue weighted by molar-refractivity contribution is 9.10. The van der Waals surface area contributed by atoms with Crippen LogP contribution in [0.15, 0.2) is 53.0 Å². The molecule has 0 spiro atoms. The molecule has 0 radical (unpaired) electrons. The molecule has 4 heteroatoms. The van der Waals surface area contributed by atoms with E-state index in [1.54, 1.807) is 11.8 Å². The number of halogens is 1. The molecule has 1 amide bonds. The fraction of sp³-hybridized carbons (Fsp3) is 0.278. The van der Waals surface area contributed by atoms with Gasteiger partial charge < -0.3 is 5.32 Å². The molecule has 0 atom stereocenters. The van der Waals surface area contributed by atoms with Gasteiger partial charge >= 0.3 is 0 Å². The summed E-state index contributed by atoms with van der Waals surface area (Å²) in [5.41, 5.74) is 2.99. The van der Waals surface area contributed by atoms with Crippen molar-refractivity contribution in [3.8, 4) is 0 Å². The Morgan fingerprint density at radius 2 is 1.77 bits per heavy atom. The molecule has 1 fully saturated rings. The molecule has 0 bridgehead atoms. The summed E-state index contributed by atoms with van der Waals surface area (Å²) in [6.45, 7) is 0. The first kappa shape index (κ1) is 15.6. The topological polar surface area (TPSA) is 29.1 Å². The van der Waals surface area contributed by atoms with Gasteiger partial charge in [0.25, 0.3) is 5.91 Å². The third-order valence-electron chi connectivity index (χ3n) is 4.03. The summed E-state index contributed by atoms with van der Waals surface area (Å²) >= 11 is 5.23. The molecule has 2 nitrogen and oxygen atoms in total. The van der Waals surface area contributed by atoms with Crippen LogP contribution in [0.4, 0.5) is 0 Å². The van der Waals surface area contributed by atoms with Crippen molar-refractivity contribution >= 4 is 33.6 Å². The predicted octanol–water partition coefficient (Wildman–Crippen LogP) is 4.73. The number of hydrogen-bond donors (Lipinski definition) is 1. The van der Waals surface area contributed by atoms with Gasteiger partial charge in [-0.15, -0.1) is 0 Å². The monoisotopic (exact) mass is 375 g/mol. The first-order chi connectivity index (χ1) is 10.6. The molecular formula is C18H18BrNOS. The number of carbonyl (C=O) groups is 1. The number of hydrogen-bond acceptors (Lipinski definition) is 2. The fourth-order valence-electron chi connectivity index (χ4n) is 2.59. The van der Waals surface area contributed by atoms with Crippen molar-refractivity contribution in [3.63, 3.8) is 0 Å². The molecule has 114 valence electrons. The van der Waals surface area contributed by atoms with Crippen molar-refractivity contribution < 1.29 is 4.79 Å². The molecule has 1 aliphatic carbocycles. The SMILES string of the molecule is CSCc1ccc(C(=O)NC2(c3ccc(Br)cc3)CC2)cc1. The summed E-state index contributed by atoms with van der Waals surface area (Å²) in [4.78, 5) is 12.5. The van der Waals surface area contributed by atoms with Crippen LogP contribution in [-0.4, -0.2) is 12.2 Å². The van der Waals surface area contributed by atoms with E-state index < -0.39 is 0 Å². The second kappa shape index (κ2) is 6.47. The quantitative estimate of drug-likeness (QED) is 0.817. The van der Waals surface area contributed by atoms with E-state index in [-0.39, 0.29) is 11.4 Å². The highest BCUT2D eigenvalue weighted by atomic mass is 79.9. The van der Waals surface area contributed by atoms with Gasteiger partial charge in [-0.25, -0.2) is 0 Å². The van der Waals surface area contributed by atoms with Gasteiger partial charge in [-0.05, 0) is 54.5 Å². The van der Waals surface area contributed by atoms with E-state index in [1.165, 1.54) is 11.1 Å². The lowest BCUT2D eigenvalue weighted by Gasteiger charge is -2.18. The molecule has 0 saturated heterocycles. The van der Waals surface area contributed by atoms with E-state index in [1.807, 2.05) is 36.4 Å². The Labute approximate surface area is 143 Å². The van der Waals surface area contributed by atoms with Gasteiger partial charge in [0.15, 0.2) is 0 Å². The molecule has 1 saturated carbocycles. The van der Waals surface area contributed by atoms with Crippen LogP contribution in [0, 0.1) is 0 Å². The van der Waals surface area contributed by atoms with Crippen molar-refractivity contribution in [2.45, 2.75) is 24.1 Å². The highest BCUT2D eigenvalue weighted by Crippen LogP contribution is 2.45. The minimum atomic E-state index is -0.171. The summed E-state index contributed by atoms with van der Waals surface area (Å²) in [7, 11) is 0. The maximum absolute atomic E-state index is 12.5. The Morgan fingerprint density at radius 3 is 2.32 bits per heavy atom. The van der Waals surface area contributed by atoms with Crippen LogP contribution >= 0.6 is 27.7 Å². The average Bonchev–Trinajstić information content (AvgIpc) is 3.29. The smallest absolute Gasteiger partial charge is 0.251 e. The Kier molecular flexibility index (Phi) is 4.59. The van der Waals surface area contributed by atoms with Crippen LogP contribution < -0.4 is 5.32 Å². The zero-order chi connectivity index (χ0) is 15.6. The molecule has 2 aromatic carbocycles. The van der Waals surface area contributed by atoms with E-state index in [9.17, 15) is 4.79 Å². The molecule has 0 aromatic heterocycles. The van der Waals surface area contributed by atoms with Crippen molar-refractivity contribution in [3.05, 3.63) is 69.7 Å². The zero-order valence-corrected chi connectivity index (χ0v) is 14.8. The maximum atomic E-state index is 12.5. The molecule has 0 aliphatic heterocycles. The number of carbonyl (C=O) groups excluding carboxylic acids is 1. The summed E-state index contributed by atoms with van der Waals surface area (Å²) < 4.78 is 1.06. The first-order valence-electron chi connectivity index (χ1n) is 7.29. The highest BCUT2D eigenvalue weighted by Gasteiger charge is 2.45. The second-order valence-corrected chi connectivity index (χ2v) is 7.45. The molecule has 3 rings (SSSR count). The molecule has 22 heavy (non-hydrogen) atoms. The Morgan fingerprint density at radius 1 is 1.14 bits per heavy atom. The van der Waals surface area contributed by atoms with Gasteiger partial charge in [0.05, 0.1) is 5.54 Å². The van der Waals surface area contributed by atoms with Gasteiger partial charge in [0, 0.05) is 15.8 Å². The largest absolute Gasteiger partial charge is 0.343 e. The number of amides is 1. The van der Waals surface area contributed by atoms with Gasteiger partial charge in [-0.2, -0.15) is 11.8 Å². The third kappa shape index (κ3) is 3.39. The van der Waals surface area contributed by atoms with E-state index in [2.05, 4.69) is 39.6 Å². The predicted molar refractivity (Wildman–Crippen MR) is 96.2 cm³/mol. The van der Waals surface area contributed by atoms with Crippen molar-refractivity contribution in [1.82, 2.24) is 5.32 Å². The lowest BCUT2D eigenvalue weighted by atomic mass is 10.0. The van der Waals surface area contributed by atoms with Crippen LogP contribution in [0.5, 0.6) is 0 Å². The number of benzene rings is 2. The van der Waals surface area contributed by atoms with Crippen molar-refractivity contribution in [2.24, 2.45) is 0 Å². The number of rotatable bonds is 5. The minimum absolute atomic E-state index is 0.0103. The molecule has 2 aromatic rings. The van der Waals surface area contributed by atoms with E-state index in [0.29, 0.717) is 0 Å². The minimum Gasteiger partial charge on any atom is -0.343 e. The standard InChI is InChI=1S/C18H18BrNOS/c1-22-12-13-2-4-14(5-3-13)17(21)20-18(10-11-18)15-6-8-16(19)9-7-15/h2-9H,10-12H2,1H3,(H,20,21). The average molecular weight is 376 g/mol. The van der Waals surface area contributed by atoms with Crippen molar-refractivity contribution in [2.75, 3.05) is 6.26 Å². The normalized spacial score (nSPS) is 15.4. The summed E-state index contributed by atoms with van der Waals surface area (Å²) in [6, 6.07) is 16.1.